The van der Waals surface area contributed by atoms with E-state index in [4.69, 9.17) is 11.6 Å². The van der Waals surface area contributed by atoms with Crippen molar-refractivity contribution in [2.24, 2.45) is 17.8 Å². The van der Waals surface area contributed by atoms with Gasteiger partial charge in [0.15, 0.2) is 0 Å². The molecule has 2 bridgehead atoms. The molecule has 0 aliphatic heterocycles. The summed E-state index contributed by atoms with van der Waals surface area (Å²) in [7, 11) is 0. The summed E-state index contributed by atoms with van der Waals surface area (Å²) in [6, 6.07) is 0. The van der Waals surface area contributed by atoms with E-state index in [9.17, 15) is 5.11 Å². The summed E-state index contributed by atoms with van der Waals surface area (Å²) in [5, 5.41) is 9.55. The highest BCUT2D eigenvalue weighted by Gasteiger charge is 2.42. The summed E-state index contributed by atoms with van der Waals surface area (Å²) in [4.78, 5) is 0. The molecule has 2 aliphatic rings. The van der Waals surface area contributed by atoms with Crippen molar-refractivity contribution < 1.29 is 5.11 Å². The second kappa shape index (κ2) is 2.95. The topological polar surface area (TPSA) is 20.2 Å². The predicted octanol–water partition coefficient (Wildman–Crippen LogP) is 2.02. The van der Waals surface area contributed by atoms with Gasteiger partial charge in [-0.25, -0.2) is 0 Å². The number of rotatable bonds is 2. The number of fused-ring (bicyclic) bond motifs is 2. The Balaban J connectivity index is 1.96. The molecule has 0 aromatic rings. The quantitative estimate of drug-likeness (QED) is 0.636. The Kier molecular flexibility index (Phi) is 2.11. The Labute approximate surface area is 72.7 Å². The number of hydrogen-bond donors (Lipinski definition) is 1. The molecule has 0 radical (unpaired) electrons. The summed E-state index contributed by atoms with van der Waals surface area (Å²) in [5.41, 5.74) is 0. The zero-order chi connectivity index (χ0) is 7.84. The molecule has 0 aromatic carbocycles. The van der Waals surface area contributed by atoms with Crippen LogP contribution in [0.5, 0.6) is 0 Å². The van der Waals surface area contributed by atoms with E-state index in [-0.39, 0.29) is 6.10 Å². The maximum Gasteiger partial charge on any atom is 0.0706 e. The first-order valence-corrected chi connectivity index (χ1v) is 5.08. The molecule has 0 heterocycles. The molecule has 2 heteroatoms. The molecule has 0 amide bonds. The highest BCUT2D eigenvalue weighted by molar-refractivity contribution is 6.18. The van der Waals surface area contributed by atoms with Crippen molar-refractivity contribution in [1.29, 1.82) is 0 Å². The zero-order valence-electron chi connectivity index (χ0n) is 6.67. The first kappa shape index (κ1) is 7.88. The van der Waals surface area contributed by atoms with Crippen LogP contribution in [0.2, 0.25) is 0 Å². The minimum atomic E-state index is -0.230. The molecule has 2 saturated carbocycles. The molecule has 64 valence electrons. The molecule has 2 rings (SSSR count). The summed E-state index contributed by atoms with van der Waals surface area (Å²) < 4.78 is 0. The number of aliphatic hydroxyl groups excluding tert-OH is 1. The van der Waals surface area contributed by atoms with Crippen LogP contribution in [0.15, 0.2) is 0 Å². The van der Waals surface area contributed by atoms with Gasteiger partial charge in [0.25, 0.3) is 0 Å². The second-order valence-corrected chi connectivity index (χ2v) is 4.37. The average Bonchev–Trinajstić information content (AvgIpc) is 2.62. The lowest BCUT2D eigenvalue weighted by Crippen LogP contribution is -2.26. The van der Waals surface area contributed by atoms with Gasteiger partial charge >= 0.3 is 0 Å². The Morgan fingerprint density at radius 3 is 2.64 bits per heavy atom. The fraction of sp³-hybridized carbons (Fsp3) is 1.00. The fourth-order valence-electron chi connectivity index (χ4n) is 2.88. The lowest BCUT2D eigenvalue weighted by atomic mass is 9.85. The third kappa shape index (κ3) is 1.29. The van der Waals surface area contributed by atoms with Gasteiger partial charge in [-0.15, -0.1) is 11.6 Å². The van der Waals surface area contributed by atoms with Crippen molar-refractivity contribution in [2.45, 2.75) is 31.8 Å². The van der Waals surface area contributed by atoms with E-state index in [1.54, 1.807) is 0 Å². The van der Waals surface area contributed by atoms with Crippen LogP contribution in [0.4, 0.5) is 0 Å². The highest BCUT2D eigenvalue weighted by atomic mass is 35.5. The van der Waals surface area contributed by atoms with Crippen molar-refractivity contribution in [3.8, 4) is 0 Å². The van der Waals surface area contributed by atoms with Crippen LogP contribution >= 0.6 is 11.6 Å². The van der Waals surface area contributed by atoms with Crippen LogP contribution in [-0.4, -0.2) is 17.1 Å². The molecule has 1 nitrogen and oxygen atoms in total. The average molecular weight is 175 g/mol. The Morgan fingerprint density at radius 1 is 1.36 bits per heavy atom. The van der Waals surface area contributed by atoms with E-state index < -0.39 is 0 Å². The van der Waals surface area contributed by atoms with Gasteiger partial charge in [-0.3, -0.25) is 0 Å². The van der Waals surface area contributed by atoms with Crippen molar-refractivity contribution in [3.63, 3.8) is 0 Å². The maximum absolute atomic E-state index is 9.55. The van der Waals surface area contributed by atoms with Crippen LogP contribution in [0.3, 0.4) is 0 Å². The molecule has 3 unspecified atom stereocenters. The van der Waals surface area contributed by atoms with Gasteiger partial charge in [-0.2, -0.15) is 0 Å². The lowest BCUT2D eigenvalue weighted by Gasteiger charge is -2.25. The summed E-state index contributed by atoms with van der Waals surface area (Å²) in [6.45, 7) is 0. The van der Waals surface area contributed by atoms with Crippen LogP contribution < -0.4 is 0 Å². The molecule has 0 spiro atoms. The van der Waals surface area contributed by atoms with E-state index in [1.165, 1.54) is 25.7 Å². The first-order valence-electron chi connectivity index (χ1n) is 4.55. The van der Waals surface area contributed by atoms with Gasteiger partial charge in [0.05, 0.1) is 6.10 Å². The molecule has 4 atom stereocenters. The van der Waals surface area contributed by atoms with Crippen LogP contribution in [-0.2, 0) is 0 Å². The molecular weight excluding hydrogens is 160 g/mol. The molecule has 11 heavy (non-hydrogen) atoms. The van der Waals surface area contributed by atoms with Crippen molar-refractivity contribution in [3.05, 3.63) is 0 Å². The van der Waals surface area contributed by atoms with E-state index in [0.717, 1.165) is 11.8 Å². The minimum absolute atomic E-state index is 0.230. The van der Waals surface area contributed by atoms with Crippen LogP contribution in [0.25, 0.3) is 0 Å². The number of hydrogen-bond acceptors (Lipinski definition) is 1. The van der Waals surface area contributed by atoms with Crippen LogP contribution in [0.1, 0.15) is 25.7 Å². The van der Waals surface area contributed by atoms with E-state index in [1.807, 2.05) is 0 Å². The third-order valence-corrected chi connectivity index (χ3v) is 3.76. The summed E-state index contributed by atoms with van der Waals surface area (Å²) in [5.74, 6) is 2.68. The predicted molar refractivity (Wildman–Crippen MR) is 45.7 cm³/mol. The molecular formula is C9H15ClO. The molecule has 0 aromatic heterocycles. The Bertz CT molecular complexity index is 148. The normalized spacial score (nSPS) is 44.7. The van der Waals surface area contributed by atoms with Crippen molar-refractivity contribution >= 4 is 11.6 Å². The Hall–Kier alpha value is 0.250. The largest absolute Gasteiger partial charge is 0.392 e. The molecule has 2 fully saturated rings. The van der Waals surface area contributed by atoms with E-state index >= 15 is 0 Å². The van der Waals surface area contributed by atoms with Crippen molar-refractivity contribution in [2.75, 3.05) is 5.88 Å². The second-order valence-electron chi connectivity index (χ2n) is 4.06. The first-order chi connectivity index (χ1) is 5.31. The van der Waals surface area contributed by atoms with Gasteiger partial charge in [0.1, 0.15) is 0 Å². The van der Waals surface area contributed by atoms with E-state index in [0.29, 0.717) is 11.8 Å². The minimum Gasteiger partial charge on any atom is -0.392 e. The van der Waals surface area contributed by atoms with Gasteiger partial charge < -0.3 is 5.11 Å². The molecule has 0 saturated heterocycles. The van der Waals surface area contributed by atoms with Gasteiger partial charge in [0, 0.05) is 5.88 Å². The summed E-state index contributed by atoms with van der Waals surface area (Å²) in [6.07, 6.45) is 5.10. The standard InChI is InChI=1S/C9H15ClO/c10-5-9(11)8-4-6-1-2-7(8)3-6/h6-9,11H,1-5H2/t6?,7?,8?,9-/m0/s1. The van der Waals surface area contributed by atoms with Gasteiger partial charge in [0.2, 0.25) is 0 Å². The Morgan fingerprint density at radius 2 is 2.18 bits per heavy atom. The van der Waals surface area contributed by atoms with E-state index in [2.05, 4.69) is 0 Å². The lowest BCUT2D eigenvalue weighted by molar-refractivity contribution is 0.0933. The van der Waals surface area contributed by atoms with Crippen LogP contribution in [0, 0.1) is 17.8 Å². The number of halogens is 1. The van der Waals surface area contributed by atoms with Gasteiger partial charge in [-0.05, 0) is 37.0 Å². The monoisotopic (exact) mass is 174 g/mol. The number of aliphatic hydroxyl groups is 1. The molecule has 1 N–H and O–H groups in total. The fourth-order valence-corrected chi connectivity index (χ4v) is 3.11. The summed E-state index contributed by atoms with van der Waals surface area (Å²) >= 11 is 5.62. The van der Waals surface area contributed by atoms with Gasteiger partial charge in [-0.1, -0.05) is 6.42 Å². The third-order valence-electron chi connectivity index (χ3n) is 3.45. The molecule has 2 aliphatic carbocycles. The number of alkyl halides is 1. The SMILES string of the molecule is O[C@@H](CCl)C1CC2CCC1C2. The maximum atomic E-state index is 9.55. The highest BCUT2D eigenvalue weighted by Crippen LogP contribution is 2.49. The van der Waals surface area contributed by atoms with Crippen molar-refractivity contribution in [1.82, 2.24) is 0 Å². The zero-order valence-corrected chi connectivity index (χ0v) is 7.43. The smallest absolute Gasteiger partial charge is 0.0706 e.